The van der Waals surface area contributed by atoms with E-state index in [1.165, 1.54) is 0 Å². The number of halogens is 1. The van der Waals surface area contributed by atoms with Gasteiger partial charge in [-0.15, -0.1) is 0 Å². The molecule has 0 aliphatic heterocycles. The number of hydrogen-bond donors (Lipinski definition) is 0. The van der Waals surface area contributed by atoms with Crippen LogP contribution in [0, 0.1) is 0 Å². The second kappa shape index (κ2) is 3.93. The van der Waals surface area contributed by atoms with Crippen molar-refractivity contribution < 1.29 is 46.9 Å². The van der Waals surface area contributed by atoms with Gasteiger partial charge in [0.1, 0.15) is 15.0 Å². The molecular weight excluding hydrogens is 203 g/mol. The summed E-state index contributed by atoms with van der Waals surface area (Å²) in [6, 6.07) is 1.00. The minimum absolute atomic E-state index is 0. The zero-order chi connectivity index (χ0) is 7.78. The van der Waals surface area contributed by atoms with Gasteiger partial charge in [-0.3, -0.25) is 0 Å². The normalized spacial score (nSPS) is 10.7. The van der Waals surface area contributed by atoms with E-state index < -0.39 is 20.2 Å². The average Bonchev–Trinajstić information content (AvgIpc) is 2.11. The molecule has 0 spiro atoms. The Labute approximate surface area is 90.6 Å². The van der Waals surface area contributed by atoms with Crippen LogP contribution in [0.2, 0.25) is 5.22 Å². The van der Waals surface area contributed by atoms with Crippen molar-refractivity contribution in [3.8, 4) is 0 Å². The van der Waals surface area contributed by atoms with Crippen LogP contribution in [0.3, 0.4) is 0 Å². The fraction of sp³-hybridized carbons (Fsp3) is 0. The van der Waals surface area contributed by atoms with Crippen LogP contribution < -0.4 is 29.6 Å². The molecule has 1 heterocycles. The van der Waals surface area contributed by atoms with E-state index in [-0.39, 0.29) is 29.6 Å². The fourth-order valence-electron chi connectivity index (χ4n) is 0.461. The predicted octanol–water partition coefficient (Wildman–Crippen LogP) is -2.16. The predicted molar refractivity (Wildman–Crippen MR) is 31.7 cm³/mol. The van der Waals surface area contributed by atoms with Crippen LogP contribution in [0.25, 0.3) is 0 Å². The summed E-state index contributed by atoms with van der Waals surface area (Å²) in [5, 5.41) is -0.394. The van der Waals surface area contributed by atoms with Gasteiger partial charge in [-0.1, -0.05) is 0 Å². The topological polar surface area (TPSA) is 70.3 Å². The van der Waals surface area contributed by atoms with Crippen molar-refractivity contribution in [3.63, 3.8) is 0 Å². The molecule has 0 aliphatic rings. The molecule has 56 valence electrons. The zero-order valence-electron chi connectivity index (χ0n) is 5.57. The first-order valence-electron chi connectivity index (χ1n) is 2.20. The van der Waals surface area contributed by atoms with Gasteiger partial charge in [-0.25, -0.2) is 8.42 Å². The van der Waals surface area contributed by atoms with Crippen molar-refractivity contribution in [1.82, 2.24) is 0 Å². The van der Waals surface area contributed by atoms with Crippen molar-refractivity contribution in [3.05, 3.63) is 17.5 Å². The van der Waals surface area contributed by atoms with Gasteiger partial charge in [-0.2, -0.15) is 0 Å². The van der Waals surface area contributed by atoms with E-state index >= 15 is 0 Å². The first kappa shape index (κ1) is 11.5. The smallest absolute Gasteiger partial charge is 0.744 e. The summed E-state index contributed by atoms with van der Waals surface area (Å²) in [6.45, 7) is 0. The van der Waals surface area contributed by atoms with Crippen LogP contribution in [0.4, 0.5) is 0 Å². The van der Waals surface area contributed by atoms with Gasteiger partial charge in [-0.05, 0) is 17.7 Å². The molecule has 0 saturated carbocycles. The van der Waals surface area contributed by atoms with E-state index in [2.05, 4.69) is 4.42 Å². The molecular formula is C4H2ClNaO4S. The van der Waals surface area contributed by atoms with Gasteiger partial charge in [0.15, 0.2) is 0 Å². The van der Waals surface area contributed by atoms with E-state index in [9.17, 15) is 13.0 Å². The first-order valence-corrected chi connectivity index (χ1v) is 3.99. The molecule has 1 aromatic heterocycles. The molecule has 0 N–H and O–H groups in total. The zero-order valence-corrected chi connectivity index (χ0v) is 9.15. The van der Waals surface area contributed by atoms with Crippen LogP contribution in [-0.2, 0) is 10.1 Å². The Morgan fingerprint density at radius 3 is 2.27 bits per heavy atom. The molecule has 0 amide bonds. The maximum atomic E-state index is 10.2. The Balaban J connectivity index is 0.000001000. The van der Waals surface area contributed by atoms with Gasteiger partial charge in [0.05, 0.1) is 6.26 Å². The van der Waals surface area contributed by atoms with Crippen LogP contribution in [0.1, 0.15) is 0 Å². The summed E-state index contributed by atoms with van der Waals surface area (Å²) < 4.78 is 35.0. The van der Waals surface area contributed by atoms with Gasteiger partial charge in [0, 0.05) is 0 Å². The maximum Gasteiger partial charge on any atom is 1.00 e. The molecule has 0 bridgehead atoms. The van der Waals surface area contributed by atoms with Gasteiger partial charge < -0.3 is 8.97 Å². The summed E-state index contributed by atoms with van der Waals surface area (Å²) in [4.78, 5) is -0.519. The SMILES string of the molecule is O=S(=O)([O-])c1ccoc1Cl.[Na+]. The molecule has 0 radical (unpaired) electrons. The third-order valence-corrected chi connectivity index (χ3v) is 2.12. The standard InChI is InChI=1S/C4H3ClO4S.Na/c5-4-3(1-2-9-4)10(6,7)8;/h1-2H,(H,6,7,8);/q;+1/p-1. The van der Waals surface area contributed by atoms with Gasteiger partial charge in [0.2, 0.25) is 5.22 Å². The Morgan fingerprint density at radius 2 is 2.09 bits per heavy atom. The van der Waals surface area contributed by atoms with E-state index in [0.717, 1.165) is 12.3 Å². The minimum Gasteiger partial charge on any atom is -0.744 e. The third kappa shape index (κ3) is 2.77. The molecule has 1 aromatic rings. The van der Waals surface area contributed by atoms with Crippen LogP contribution in [-0.4, -0.2) is 13.0 Å². The molecule has 0 atom stereocenters. The Hall–Kier alpha value is 0.480. The first-order chi connectivity index (χ1) is 4.52. The Morgan fingerprint density at radius 1 is 1.55 bits per heavy atom. The van der Waals surface area contributed by atoms with E-state index in [1.807, 2.05) is 0 Å². The summed E-state index contributed by atoms with van der Waals surface area (Å²) in [5.74, 6) is 0. The van der Waals surface area contributed by atoms with Gasteiger partial charge >= 0.3 is 29.6 Å². The summed E-state index contributed by atoms with van der Waals surface area (Å²) in [6.07, 6.45) is 1.03. The molecule has 0 aliphatic carbocycles. The van der Waals surface area contributed by atoms with E-state index in [0.29, 0.717) is 0 Å². The summed E-state index contributed by atoms with van der Waals surface area (Å²) in [5.41, 5.74) is 0. The second-order valence-electron chi connectivity index (χ2n) is 1.51. The molecule has 0 fully saturated rings. The fourth-order valence-corrected chi connectivity index (χ4v) is 1.33. The maximum absolute atomic E-state index is 10.2. The van der Waals surface area contributed by atoms with Crippen molar-refractivity contribution >= 4 is 21.7 Å². The van der Waals surface area contributed by atoms with Crippen LogP contribution in [0.5, 0.6) is 0 Å². The Bertz CT molecular complexity index is 330. The van der Waals surface area contributed by atoms with Crippen molar-refractivity contribution in [2.24, 2.45) is 0 Å². The van der Waals surface area contributed by atoms with Crippen LogP contribution in [0.15, 0.2) is 21.6 Å². The monoisotopic (exact) mass is 204 g/mol. The largest absolute Gasteiger partial charge is 1.00 e. The van der Waals surface area contributed by atoms with Gasteiger partial charge in [0.25, 0.3) is 0 Å². The Kier molecular flexibility index (Phi) is 4.10. The molecule has 1 rings (SSSR count). The number of furan rings is 1. The van der Waals surface area contributed by atoms with E-state index in [4.69, 9.17) is 11.6 Å². The summed E-state index contributed by atoms with van der Waals surface area (Å²) in [7, 11) is -4.47. The molecule has 11 heavy (non-hydrogen) atoms. The van der Waals surface area contributed by atoms with Crippen molar-refractivity contribution in [2.75, 3.05) is 0 Å². The minimum atomic E-state index is -4.47. The molecule has 4 nitrogen and oxygen atoms in total. The molecule has 0 aromatic carbocycles. The molecule has 0 saturated heterocycles. The second-order valence-corrected chi connectivity index (χ2v) is 3.20. The van der Waals surface area contributed by atoms with Crippen LogP contribution >= 0.6 is 11.6 Å². The third-order valence-electron chi connectivity index (χ3n) is 0.854. The number of hydrogen-bond acceptors (Lipinski definition) is 4. The van der Waals surface area contributed by atoms with E-state index in [1.54, 1.807) is 0 Å². The molecule has 7 heteroatoms. The van der Waals surface area contributed by atoms with Crippen molar-refractivity contribution in [1.29, 1.82) is 0 Å². The van der Waals surface area contributed by atoms with Crippen molar-refractivity contribution in [2.45, 2.75) is 4.90 Å². The summed E-state index contributed by atoms with van der Waals surface area (Å²) >= 11 is 5.18. The average molecular weight is 205 g/mol. The quantitative estimate of drug-likeness (QED) is 0.386. The number of rotatable bonds is 1. The molecule has 0 unspecified atom stereocenters.